The van der Waals surface area contributed by atoms with Gasteiger partial charge in [0.1, 0.15) is 49.7 Å². The highest BCUT2D eigenvalue weighted by atomic mass is 79.9. The van der Waals surface area contributed by atoms with Crippen LogP contribution in [0.1, 0.15) is 43.0 Å². The first kappa shape index (κ1) is 39.6. The van der Waals surface area contributed by atoms with E-state index < -0.39 is 5.79 Å². The normalized spacial score (nSPS) is 18.7. The lowest BCUT2D eigenvalue weighted by molar-refractivity contribution is -0.688. The Kier molecular flexibility index (Phi) is 13.0. The molecule has 0 N–H and O–H groups in total. The van der Waals surface area contributed by atoms with E-state index in [0.29, 0.717) is 41.1 Å². The molecule has 1 aromatic heterocycles. The van der Waals surface area contributed by atoms with Crippen molar-refractivity contribution in [3.63, 3.8) is 0 Å². The second-order valence-electron chi connectivity index (χ2n) is 13.6. The summed E-state index contributed by atoms with van der Waals surface area (Å²) in [6.45, 7) is 13.8. The molecular weight excluding hydrogens is 771 g/mol. The van der Waals surface area contributed by atoms with Crippen LogP contribution in [0.4, 0.5) is 5.69 Å². The van der Waals surface area contributed by atoms with Crippen molar-refractivity contribution in [1.29, 1.82) is 0 Å². The average molecular weight is 817 g/mol. The molecule has 0 radical (unpaired) electrons. The van der Waals surface area contributed by atoms with Crippen molar-refractivity contribution >= 4 is 40.8 Å². The van der Waals surface area contributed by atoms with Crippen LogP contribution >= 0.6 is 23.2 Å². The van der Waals surface area contributed by atoms with Crippen molar-refractivity contribution < 1.29 is 50.1 Å². The van der Waals surface area contributed by atoms with Crippen molar-refractivity contribution in [1.82, 2.24) is 9.47 Å². The number of amides is 1. The Morgan fingerprint density at radius 3 is 2.33 bits per heavy atom. The fourth-order valence-electron chi connectivity index (χ4n) is 6.56. The van der Waals surface area contributed by atoms with E-state index in [2.05, 4.69) is 9.47 Å². The molecule has 0 saturated carbocycles. The molecule has 0 bridgehead atoms. The van der Waals surface area contributed by atoms with Gasteiger partial charge in [-0.05, 0) is 79.1 Å². The predicted molar refractivity (Wildman–Crippen MR) is 195 cm³/mol. The van der Waals surface area contributed by atoms with E-state index in [1.807, 2.05) is 98.3 Å². The van der Waals surface area contributed by atoms with Crippen LogP contribution in [0, 0.1) is 19.8 Å². The van der Waals surface area contributed by atoms with Crippen molar-refractivity contribution in [3.05, 3.63) is 106 Å². The zero-order chi connectivity index (χ0) is 36.3. The summed E-state index contributed by atoms with van der Waals surface area (Å²) in [7, 11) is 0. The molecule has 1 amide bonds. The number of piperazine rings is 1. The van der Waals surface area contributed by atoms with Crippen molar-refractivity contribution in [3.8, 4) is 11.5 Å². The number of carbonyl (C=O) groups excluding carboxylic acids is 2. The lowest BCUT2D eigenvalue weighted by atomic mass is 10.1. The molecule has 3 heterocycles. The number of halogens is 3. The van der Waals surface area contributed by atoms with Crippen molar-refractivity contribution in [2.45, 2.75) is 59.6 Å². The van der Waals surface area contributed by atoms with Crippen LogP contribution < -0.4 is 35.9 Å². The van der Waals surface area contributed by atoms with E-state index in [9.17, 15) is 9.59 Å². The predicted octanol–water partition coefficient (Wildman–Crippen LogP) is 3.33. The third-order valence-electron chi connectivity index (χ3n) is 9.26. The summed E-state index contributed by atoms with van der Waals surface area (Å²) in [4.78, 5) is 28.1. The molecule has 13 heteroatoms. The van der Waals surface area contributed by atoms with Gasteiger partial charge in [-0.15, -0.1) is 0 Å². The number of esters is 1. The fraction of sp³-hybridized carbons (Fsp3) is 0.410. The lowest BCUT2D eigenvalue weighted by Gasteiger charge is -2.35. The zero-order valence-corrected chi connectivity index (χ0v) is 33.2. The number of ether oxygens (including phenoxy) is 4. The van der Waals surface area contributed by atoms with E-state index in [1.54, 1.807) is 19.1 Å². The minimum Gasteiger partial charge on any atom is -1.00 e. The van der Waals surface area contributed by atoms with Gasteiger partial charge in [0.25, 0.3) is 0 Å². The largest absolute Gasteiger partial charge is 1.00 e. The van der Waals surface area contributed by atoms with E-state index >= 15 is 0 Å². The molecule has 2 unspecified atom stereocenters. The van der Waals surface area contributed by atoms with Crippen LogP contribution in [0.25, 0.3) is 0 Å². The van der Waals surface area contributed by atoms with Crippen LogP contribution in [0.5, 0.6) is 11.5 Å². The maximum Gasteiger partial charge on any atom is 0.313 e. The van der Waals surface area contributed by atoms with E-state index in [1.165, 1.54) is 0 Å². The summed E-state index contributed by atoms with van der Waals surface area (Å²) >= 11 is 13.0. The monoisotopic (exact) mass is 814 g/mol. The summed E-state index contributed by atoms with van der Waals surface area (Å²) in [5, 5.41) is 0.975. The van der Waals surface area contributed by atoms with Gasteiger partial charge in [-0.3, -0.25) is 9.59 Å². The Labute approximate surface area is 325 Å². The molecule has 2 atom stereocenters. The maximum atomic E-state index is 12.2. The molecule has 10 nitrogen and oxygen atoms in total. The summed E-state index contributed by atoms with van der Waals surface area (Å²) in [6.07, 6.45) is 5.62. The molecule has 2 aliphatic heterocycles. The van der Waals surface area contributed by atoms with Gasteiger partial charge in [0.2, 0.25) is 18.0 Å². The summed E-state index contributed by atoms with van der Waals surface area (Å²) in [6, 6.07) is 17.4. The Balaban J connectivity index is 0.00000523. The number of aryl methyl sites for hydroxylation is 2. The molecule has 2 aliphatic rings. The average Bonchev–Trinajstić information content (AvgIpc) is 3.72. The highest BCUT2D eigenvalue weighted by Crippen LogP contribution is 2.40. The molecule has 3 aromatic carbocycles. The smallest absolute Gasteiger partial charge is 0.313 e. The second-order valence-corrected chi connectivity index (χ2v) is 14.5. The SMILES string of the molecule is CC(=O)N1CCN(c2ccc(OCC3COC(Cn4cc[n+](Cc5cc(C)c(OC(=O)C(C)C)c(C)c5)c4)(c4ccc(Cl)cc4Cl)O3)cc2)CC1.[Br-]. The Hall–Kier alpha value is -3.61. The zero-order valence-electron chi connectivity index (χ0n) is 30.1. The van der Waals surface area contributed by atoms with Crippen LogP contribution in [0.15, 0.2) is 73.3 Å². The van der Waals surface area contributed by atoms with Gasteiger partial charge in [0, 0.05) is 49.4 Å². The van der Waals surface area contributed by atoms with Gasteiger partial charge < -0.3 is 45.7 Å². The number of nitrogens with zero attached hydrogens (tertiary/aromatic N) is 4. The fourth-order valence-corrected chi connectivity index (χ4v) is 7.12. The van der Waals surface area contributed by atoms with Crippen LogP contribution in [-0.2, 0) is 37.9 Å². The number of aromatic nitrogens is 2. The number of benzene rings is 3. The second kappa shape index (κ2) is 17.0. The first-order valence-corrected chi connectivity index (χ1v) is 18.0. The van der Waals surface area contributed by atoms with Crippen LogP contribution in [-0.4, -0.2) is 66.8 Å². The summed E-state index contributed by atoms with van der Waals surface area (Å²) in [5.74, 6) is -0.151. The quantitative estimate of drug-likeness (QED) is 0.131. The van der Waals surface area contributed by atoms with Gasteiger partial charge >= 0.3 is 5.97 Å². The van der Waals surface area contributed by atoms with Gasteiger partial charge in [-0.1, -0.05) is 43.1 Å². The van der Waals surface area contributed by atoms with Crippen LogP contribution in [0.2, 0.25) is 10.0 Å². The first-order valence-electron chi connectivity index (χ1n) is 17.3. The van der Waals surface area contributed by atoms with Gasteiger partial charge in [0.15, 0.2) is 0 Å². The third-order valence-corrected chi connectivity index (χ3v) is 9.81. The Bertz CT molecular complexity index is 1860. The minimum atomic E-state index is -1.17. The molecule has 0 spiro atoms. The molecular formula is C39H45BrCl2N4O6. The van der Waals surface area contributed by atoms with Gasteiger partial charge in [0.05, 0.1) is 17.5 Å². The van der Waals surface area contributed by atoms with Crippen LogP contribution in [0.3, 0.4) is 0 Å². The number of carbonyl (C=O) groups is 2. The van der Waals surface area contributed by atoms with E-state index in [-0.39, 0.29) is 47.5 Å². The first-order chi connectivity index (χ1) is 24.4. The van der Waals surface area contributed by atoms with Gasteiger partial charge in [-0.2, -0.15) is 0 Å². The van der Waals surface area contributed by atoms with Crippen molar-refractivity contribution in [2.75, 3.05) is 44.3 Å². The molecule has 52 heavy (non-hydrogen) atoms. The molecule has 4 aromatic rings. The maximum absolute atomic E-state index is 12.2. The number of hydrogen-bond donors (Lipinski definition) is 0. The number of anilines is 1. The number of hydrogen-bond acceptors (Lipinski definition) is 7. The lowest BCUT2D eigenvalue weighted by Crippen LogP contribution is -3.00. The molecule has 6 rings (SSSR count). The molecule has 0 aliphatic carbocycles. The Morgan fingerprint density at radius 1 is 1.00 bits per heavy atom. The van der Waals surface area contributed by atoms with Crippen molar-refractivity contribution in [2.24, 2.45) is 5.92 Å². The summed E-state index contributed by atoms with van der Waals surface area (Å²) < 4.78 is 29.0. The highest BCUT2D eigenvalue weighted by molar-refractivity contribution is 6.35. The number of imidazole rings is 1. The minimum absolute atomic E-state index is 0. The molecule has 2 fully saturated rings. The molecule has 2 saturated heterocycles. The van der Waals surface area contributed by atoms with Gasteiger partial charge in [-0.25, -0.2) is 9.13 Å². The summed E-state index contributed by atoms with van der Waals surface area (Å²) in [5.41, 5.74) is 4.69. The third kappa shape index (κ3) is 9.30. The number of rotatable bonds is 11. The molecule has 278 valence electrons. The van der Waals surface area contributed by atoms with E-state index in [4.69, 9.17) is 42.1 Å². The highest BCUT2D eigenvalue weighted by Gasteiger charge is 2.47. The standard InChI is InChI=1S/C39H45Cl2N4O6.BrH/c1-26(2)38(47)50-37-27(3)18-30(19-28(37)4)21-42-12-13-43(25-42)24-39(35-11-6-31(40)20-36(35)41)49-23-34(51-39)22-48-33-9-7-32(8-10-33)45-16-14-44(15-17-45)29(5)46;/h6-13,18-20,25-26,34H,14-17,21-24H2,1-5H3;1H/q+1;/p-1. The van der Waals surface area contributed by atoms with E-state index in [0.717, 1.165) is 54.3 Å². The topological polar surface area (TPSA) is 86.4 Å². The Morgan fingerprint density at radius 2 is 1.69 bits per heavy atom.